The number of fused-ring (bicyclic) bond motifs is 1. The van der Waals surface area contributed by atoms with Crippen molar-refractivity contribution in [3.63, 3.8) is 0 Å². The van der Waals surface area contributed by atoms with Crippen molar-refractivity contribution < 1.29 is 15.0 Å². The molecule has 1 aromatic heterocycles. The van der Waals surface area contributed by atoms with E-state index in [0.717, 1.165) is 12.0 Å². The van der Waals surface area contributed by atoms with Gasteiger partial charge >= 0.3 is 0 Å². The van der Waals surface area contributed by atoms with Crippen LogP contribution in [-0.4, -0.2) is 27.2 Å². The van der Waals surface area contributed by atoms with Crippen LogP contribution in [0, 0.1) is 0 Å². The average Bonchev–Trinajstić information content (AvgIpc) is 2.52. The van der Waals surface area contributed by atoms with Crippen LogP contribution in [0.25, 0.3) is 0 Å². The highest BCUT2D eigenvalue weighted by atomic mass is 16.3. The van der Waals surface area contributed by atoms with E-state index >= 15 is 0 Å². The van der Waals surface area contributed by atoms with Gasteiger partial charge in [0.05, 0.1) is 12.2 Å². The summed E-state index contributed by atoms with van der Waals surface area (Å²) in [6.45, 7) is 1.91. The molecule has 1 heterocycles. The van der Waals surface area contributed by atoms with Crippen molar-refractivity contribution in [1.82, 2.24) is 4.57 Å². The predicted octanol–water partition coefficient (Wildman–Crippen LogP) is 0.739. The zero-order chi connectivity index (χ0) is 11.2. The number of aldehydes is 1. The molecule has 15 heavy (non-hydrogen) atoms. The first-order valence-corrected chi connectivity index (χ1v) is 5.06. The lowest BCUT2D eigenvalue weighted by Gasteiger charge is -2.30. The second-order valence-electron chi connectivity index (χ2n) is 4.22. The minimum Gasteiger partial charge on any atom is -0.392 e. The van der Waals surface area contributed by atoms with E-state index in [9.17, 15) is 15.0 Å². The molecule has 2 rings (SSSR count). The van der Waals surface area contributed by atoms with E-state index < -0.39 is 12.2 Å². The molecule has 0 spiro atoms. The number of nitrogens with zero attached hydrogens (tertiary/aromatic N) is 1. The molecular weight excluding hydrogens is 194 g/mol. The van der Waals surface area contributed by atoms with Gasteiger partial charge in [-0.25, -0.2) is 0 Å². The van der Waals surface area contributed by atoms with Crippen molar-refractivity contribution in [2.45, 2.75) is 31.5 Å². The lowest BCUT2D eigenvalue weighted by Crippen LogP contribution is -2.27. The second-order valence-corrected chi connectivity index (χ2v) is 4.22. The van der Waals surface area contributed by atoms with Gasteiger partial charge < -0.3 is 14.8 Å². The minimum atomic E-state index is -0.729. The summed E-state index contributed by atoms with van der Waals surface area (Å²) in [4.78, 5) is 10.8. The van der Waals surface area contributed by atoms with E-state index in [1.54, 1.807) is 6.20 Å². The van der Waals surface area contributed by atoms with Crippen molar-refractivity contribution in [3.05, 3.63) is 23.0 Å². The Balaban J connectivity index is 2.61. The fraction of sp³-hybridized carbons (Fsp3) is 0.545. The number of hydrogen-bond donors (Lipinski definition) is 2. The van der Waals surface area contributed by atoms with Crippen LogP contribution in [-0.2, 0) is 7.05 Å². The van der Waals surface area contributed by atoms with Gasteiger partial charge in [0.2, 0.25) is 0 Å². The number of aliphatic hydroxyl groups is 2. The fourth-order valence-corrected chi connectivity index (χ4v) is 2.44. The van der Waals surface area contributed by atoms with Gasteiger partial charge in [0.15, 0.2) is 6.29 Å². The minimum absolute atomic E-state index is 0.0397. The number of aromatic nitrogens is 1. The van der Waals surface area contributed by atoms with Crippen LogP contribution in [0.2, 0.25) is 0 Å². The number of rotatable bonds is 1. The van der Waals surface area contributed by atoms with Gasteiger partial charge in [-0.15, -0.1) is 0 Å². The van der Waals surface area contributed by atoms with E-state index in [1.165, 1.54) is 0 Å². The summed E-state index contributed by atoms with van der Waals surface area (Å²) >= 11 is 0. The predicted molar refractivity (Wildman–Crippen MR) is 54.8 cm³/mol. The van der Waals surface area contributed by atoms with E-state index in [-0.39, 0.29) is 5.92 Å². The summed E-state index contributed by atoms with van der Waals surface area (Å²) in [5.74, 6) is -0.0397. The van der Waals surface area contributed by atoms with Crippen LogP contribution >= 0.6 is 0 Å². The third-order valence-electron chi connectivity index (χ3n) is 3.23. The van der Waals surface area contributed by atoms with Crippen LogP contribution < -0.4 is 0 Å². The molecule has 0 amide bonds. The van der Waals surface area contributed by atoms with Crippen LogP contribution in [0.3, 0.4) is 0 Å². The molecule has 0 aromatic carbocycles. The highest BCUT2D eigenvalue weighted by molar-refractivity contribution is 5.78. The van der Waals surface area contributed by atoms with E-state index in [2.05, 4.69) is 0 Å². The Morgan fingerprint density at radius 3 is 2.80 bits per heavy atom. The first-order chi connectivity index (χ1) is 7.06. The standard InChI is InChI=1S/C11H15NO3/c1-6-8(14)3-9(15)10-7(5-13)4-12(2)11(6)10/h4-6,8-9,14-15H,3H2,1-2H3/t6-,8-,9+/m0/s1. The number of aryl methyl sites for hydroxylation is 1. The zero-order valence-corrected chi connectivity index (χ0v) is 8.84. The molecule has 4 nitrogen and oxygen atoms in total. The first-order valence-electron chi connectivity index (χ1n) is 5.06. The van der Waals surface area contributed by atoms with Crippen molar-refractivity contribution >= 4 is 6.29 Å². The quantitative estimate of drug-likeness (QED) is 0.670. The van der Waals surface area contributed by atoms with Crippen LogP contribution in [0.15, 0.2) is 6.20 Å². The Morgan fingerprint density at radius 1 is 1.53 bits per heavy atom. The van der Waals surface area contributed by atoms with Crippen molar-refractivity contribution in [1.29, 1.82) is 0 Å². The van der Waals surface area contributed by atoms with E-state index in [1.807, 2.05) is 18.5 Å². The largest absolute Gasteiger partial charge is 0.392 e. The number of aliphatic hydroxyl groups excluding tert-OH is 2. The smallest absolute Gasteiger partial charge is 0.151 e. The van der Waals surface area contributed by atoms with Crippen molar-refractivity contribution in [2.75, 3.05) is 0 Å². The van der Waals surface area contributed by atoms with Gasteiger partial charge in [0, 0.05) is 42.4 Å². The molecule has 4 heteroatoms. The third-order valence-corrected chi connectivity index (χ3v) is 3.23. The lowest BCUT2D eigenvalue weighted by molar-refractivity contribution is 0.0505. The monoisotopic (exact) mass is 209 g/mol. The molecule has 82 valence electrons. The van der Waals surface area contributed by atoms with Gasteiger partial charge in [-0.3, -0.25) is 4.79 Å². The zero-order valence-electron chi connectivity index (χ0n) is 8.84. The SMILES string of the molecule is C[C@@H]1c2c(c(C=O)cn2C)[C@H](O)C[C@@H]1O. The molecule has 1 aliphatic rings. The Hall–Kier alpha value is -1.13. The number of carbonyl (C=O) groups is 1. The third kappa shape index (κ3) is 1.41. The molecule has 1 aliphatic carbocycles. The number of carbonyl (C=O) groups excluding carboxylic acids is 1. The summed E-state index contributed by atoms with van der Waals surface area (Å²) in [6.07, 6.45) is 1.49. The molecule has 0 saturated carbocycles. The van der Waals surface area contributed by atoms with Gasteiger partial charge in [0.1, 0.15) is 0 Å². The summed E-state index contributed by atoms with van der Waals surface area (Å²) in [7, 11) is 1.83. The molecule has 1 aromatic rings. The van der Waals surface area contributed by atoms with E-state index in [4.69, 9.17) is 0 Å². The highest BCUT2D eigenvalue weighted by Gasteiger charge is 2.34. The van der Waals surface area contributed by atoms with Gasteiger partial charge in [-0.1, -0.05) is 6.92 Å². The van der Waals surface area contributed by atoms with Crippen molar-refractivity contribution in [3.8, 4) is 0 Å². The molecule has 0 saturated heterocycles. The summed E-state index contributed by atoms with van der Waals surface area (Å²) in [5, 5.41) is 19.6. The molecule has 2 N–H and O–H groups in total. The average molecular weight is 209 g/mol. The molecule has 0 bridgehead atoms. The highest BCUT2D eigenvalue weighted by Crippen LogP contribution is 2.39. The molecule has 0 radical (unpaired) electrons. The summed E-state index contributed by atoms with van der Waals surface area (Å²) < 4.78 is 1.81. The Morgan fingerprint density at radius 2 is 2.20 bits per heavy atom. The van der Waals surface area contributed by atoms with Gasteiger partial charge in [0.25, 0.3) is 0 Å². The first kappa shape index (κ1) is 10.4. The van der Waals surface area contributed by atoms with Gasteiger partial charge in [-0.05, 0) is 0 Å². The molecule has 0 aliphatic heterocycles. The Labute approximate surface area is 88.1 Å². The molecule has 0 unspecified atom stereocenters. The molecular formula is C11H15NO3. The summed E-state index contributed by atoms with van der Waals surface area (Å²) in [6, 6.07) is 0. The number of hydrogen-bond acceptors (Lipinski definition) is 3. The lowest BCUT2D eigenvalue weighted by atomic mass is 9.83. The second kappa shape index (κ2) is 3.47. The maximum Gasteiger partial charge on any atom is 0.151 e. The molecule has 0 fully saturated rings. The van der Waals surface area contributed by atoms with Crippen LogP contribution in [0.1, 0.15) is 47.0 Å². The van der Waals surface area contributed by atoms with Crippen molar-refractivity contribution in [2.24, 2.45) is 7.05 Å². The fourth-order valence-electron chi connectivity index (χ4n) is 2.44. The van der Waals surface area contributed by atoms with Gasteiger partial charge in [-0.2, -0.15) is 0 Å². The Bertz CT molecular complexity index is 397. The topological polar surface area (TPSA) is 62.5 Å². The normalized spacial score (nSPS) is 30.0. The maximum absolute atomic E-state index is 10.8. The summed E-state index contributed by atoms with van der Waals surface area (Å²) in [5.41, 5.74) is 2.08. The Kier molecular flexibility index (Phi) is 2.40. The maximum atomic E-state index is 10.8. The van der Waals surface area contributed by atoms with Crippen LogP contribution in [0.4, 0.5) is 0 Å². The van der Waals surface area contributed by atoms with E-state index in [0.29, 0.717) is 17.5 Å². The van der Waals surface area contributed by atoms with Crippen LogP contribution in [0.5, 0.6) is 0 Å². The molecule has 3 atom stereocenters.